The van der Waals surface area contributed by atoms with Gasteiger partial charge in [-0.05, 0) is 133 Å². The highest BCUT2D eigenvalue weighted by molar-refractivity contribution is 9.09. The summed E-state index contributed by atoms with van der Waals surface area (Å²) in [5, 5.41) is 42.7. The Kier molecular flexibility index (Phi) is 41.6. The molecule has 0 saturated carbocycles. The molecule has 9 aromatic rings. The standard InChI is InChI=1S/C22H22N4O5S.C12H11N3O2.C10H11NO6S.C10H13NO4S.C10H11NO4S.C6H5NO2S.C4H7BrO2/c1-3-31-19(27)13-32(29,30)17-10-8-16(9-11-17)25-22(28)20-21(23)24-12-18(26-20)15-6-4-14(2)5-7-15;1-7-2-4-8(5-3-7)9-6-14-11(13)10(15-9)12(16)17;1-2-17-10(12)7-18(15,16)9-5-3-8(4-6-9)11(13)14;1-2-15-10(12)7-16(13,14)9-5-3-8(11)4-6-9;1-2-15-10(12)7-16-9-5-3-8(4-6-9)11(13)14;8-7(9)5-1-3-6(10)4-2-5;1-2-7-4(6)3-5/h4-12H,3,13H2,1-2H3,(H2,23,24)(H,25,28);2-6H,1H3,(H2,13,14)(H,16,17);3-6H,2,7H2,1H3;3-6H,2,7,11H2,1H3;3-6H,2,7H2,1H3;1-4,10H;2-3H2,1H3. The molecule has 0 aliphatic rings. The molecule has 8 N–H and O–H groups in total. The summed E-state index contributed by atoms with van der Waals surface area (Å²) in [4.78, 5) is 125. The number of aromatic carboxylic acids is 1. The number of benzene rings is 7. The Morgan fingerprint density at radius 1 is 0.466 bits per heavy atom. The van der Waals surface area contributed by atoms with Crippen LogP contribution in [-0.4, -0.2) is 168 Å². The molecule has 36 nitrogen and oxygen atoms in total. The Morgan fingerprint density at radius 2 is 0.784 bits per heavy atom. The van der Waals surface area contributed by atoms with E-state index in [0.29, 0.717) is 41.3 Å². The molecule has 116 heavy (non-hydrogen) atoms. The summed E-state index contributed by atoms with van der Waals surface area (Å²) < 4.78 is 94.5. The number of amides is 1. The number of nitrogens with zero attached hydrogens (tertiary/aromatic N) is 7. The normalized spacial score (nSPS) is 10.4. The van der Waals surface area contributed by atoms with Crippen LogP contribution in [0.5, 0.6) is 0 Å². The maximum absolute atomic E-state index is 12.7. The van der Waals surface area contributed by atoms with Crippen molar-refractivity contribution in [3.05, 3.63) is 235 Å². The molecule has 42 heteroatoms. The van der Waals surface area contributed by atoms with E-state index in [-0.39, 0.29) is 92.3 Å². The minimum Gasteiger partial charge on any atom is -0.476 e. The number of nitro benzene ring substituents is 3. The maximum Gasteiger partial charge on any atom is 0.358 e. The topological polar surface area (TPSA) is 559 Å². The van der Waals surface area contributed by atoms with Crippen LogP contribution in [-0.2, 0) is 77.2 Å². The van der Waals surface area contributed by atoms with E-state index < -0.39 is 91.3 Å². The average molecular weight is 1760 g/mol. The van der Waals surface area contributed by atoms with Gasteiger partial charge in [-0.3, -0.25) is 59.1 Å². The molecule has 0 bridgehead atoms. The Balaban J connectivity index is 0.000000366. The number of thiol groups is 1. The van der Waals surface area contributed by atoms with Crippen LogP contribution in [0.1, 0.15) is 66.7 Å². The Bertz CT molecular complexity index is 5180. The maximum atomic E-state index is 12.7. The first-order valence-corrected chi connectivity index (χ1v) is 41.2. The third-order valence-electron chi connectivity index (χ3n) is 13.9. The molecule has 1 amide bonds. The summed E-state index contributed by atoms with van der Waals surface area (Å²) in [5.74, 6) is -6.77. The monoisotopic (exact) mass is 1760 g/mol. The lowest BCUT2D eigenvalue weighted by Crippen LogP contribution is -2.19. The second kappa shape index (κ2) is 49.3. The lowest BCUT2D eigenvalue weighted by Gasteiger charge is -2.09. The number of esters is 5. The van der Waals surface area contributed by atoms with Crippen LogP contribution < -0.4 is 22.5 Å². The van der Waals surface area contributed by atoms with Gasteiger partial charge in [-0.15, -0.1) is 24.4 Å². The van der Waals surface area contributed by atoms with Gasteiger partial charge in [0.2, 0.25) is 0 Å². The fourth-order valence-corrected chi connectivity index (χ4v) is 12.7. The predicted molar refractivity (Wildman–Crippen MR) is 436 cm³/mol. The summed E-state index contributed by atoms with van der Waals surface area (Å²) in [5.41, 5.74) is 21.9. The highest BCUT2D eigenvalue weighted by Gasteiger charge is 2.24. The van der Waals surface area contributed by atoms with Crippen molar-refractivity contribution in [1.82, 2.24) is 19.9 Å². The number of nitrogens with two attached hydrogens (primary N) is 3. The number of carboxylic acid groups (broad SMARTS) is 1. The summed E-state index contributed by atoms with van der Waals surface area (Å²) >= 11 is 8.21. The number of carbonyl (C=O) groups excluding carboxylic acids is 6. The lowest BCUT2D eigenvalue weighted by atomic mass is 10.1. The van der Waals surface area contributed by atoms with Crippen molar-refractivity contribution in [2.45, 2.75) is 72.9 Å². The molecule has 7 aromatic carbocycles. The Morgan fingerprint density at radius 3 is 1.13 bits per heavy atom. The number of carbonyl (C=O) groups is 7. The molecular formula is C74H80BrN11O25S5. The molecule has 0 spiro atoms. The predicted octanol–water partition coefficient (Wildman–Crippen LogP) is 11.0. The van der Waals surface area contributed by atoms with E-state index in [9.17, 15) is 89.2 Å². The van der Waals surface area contributed by atoms with E-state index in [2.05, 4.69) is 72.8 Å². The summed E-state index contributed by atoms with van der Waals surface area (Å²) in [7, 11) is -11.3. The van der Waals surface area contributed by atoms with E-state index >= 15 is 0 Å². The minimum atomic E-state index is -3.85. The first kappa shape index (κ1) is 97.8. The Labute approximate surface area is 684 Å². The molecule has 2 aromatic heterocycles. The first-order valence-electron chi connectivity index (χ1n) is 33.7. The molecule has 2 heterocycles. The molecule has 0 unspecified atom stereocenters. The number of carboxylic acids is 1. The summed E-state index contributed by atoms with van der Waals surface area (Å²) in [6.45, 7) is 13.4. The highest BCUT2D eigenvalue weighted by atomic mass is 79.9. The number of rotatable bonds is 26. The number of nitrogens with one attached hydrogen (secondary N) is 1. The Hall–Kier alpha value is -12.4. The number of hydrogen-bond acceptors (Lipinski definition) is 33. The quantitative estimate of drug-likeness (QED) is 0.00428. The molecule has 0 aliphatic heterocycles. The number of sulfone groups is 3. The number of nitro groups is 3. The van der Waals surface area contributed by atoms with Crippen molar-refractivity contribution in [1.29, 1.82) is 0 Å². The second-order valence-corrected chi connectivity index (χ2v) is 30.7. The van der Waals surface area contributed by atoms with Gasteiger partial charge in [0.1, 0.15) is 5.33 Å². The van der Waals surface area contributed by atoms with Gasteiger partial charge in [0.15, 0.2) is 69.8 Å². The number of thioether (sulfide) groups is 1. The summed E-state index contributed by atoms with van der Waals surface area (Å²) in [6.07, 6.45) is 2.95. The van der Waals surface area contributed by atoms with Crippen molar-refractivity contribution < 1.29 is 102 Å². The van der Waals surface area contributed by atoms with Gasteiger partial charge in [0.25, 0.3) is 23.0 Å². The summed E-state index contributed by atoms with van der Waals surface area (Å²) in [6, 6.07) is 42.6. The minimum absolute atomic E-state index is 0.0352. The molecule has 0 saturated heterocycles. The molecule has 0 radical (unpaired) electrons. The molecule has 618 valence electrons. The van der Waals surface area contributed by atoms with Gasteiger partial charge >= 0.3 is 35.8 Å². The van der Waals surface area contributed by atoms with Gasteiger partial charge in [0, 0.05) is 68.7 Å². The molecular weight excluding hydrogens is 1680 g/mol. The van der Waals surface area contributed by atoms with Crippen LogP contribution in [0, 0.1) is 44.2 Å². The van der Waals surface area contributed by atoms with Gasteiger partial charge in [-0.1, -0.05) is 75.6 Å². The molecule has 9 rings (SSSR count). The number of non-ortho nitro benzene ring substituents is 3. The zero-order valence-corrected chi connectivity index (χ0v) is 68.7. The van der Waals surface area contributed by atoms with Crippen LogP contribution in [0.4, 0.5) is 40.1 Å². The smallest absolute Gasteiger partial charge is 0.358 e. The lowest BCUT2D eigenvalue weighted by molar-refractivity contribution is -0.385. The van der Waals surface area contributed by atoms with E-state index in [1.165, 1.54) is 97.0 Å². The molecule has 0 aliphatic carbocycles. The fourth-order valence-electron chi connectivity index (χ4n) is 8.34. The molecule has 0 fully saturated rings. The van der Waals surface area contributed by atoms with E-state index in [4.69, 9.17) is 27.0 Å². The van der Waals surface area contributed by atoms with Crippen LogP contribution in [0.3, 0.4) is 0 Å². The van der Waals surface area contributed by atoms with Crippen molar-refractivity contribution >= 4 is 152 Å². The van der Waals surface area contributed by atoms with Gasteiger partial charge in [-0.2, -0.15) is 0 Å². The number of nitrogen functional groups attached to an aromatic ring is 3. The van der Waals surface area contributed by atoms with Crippen molar-refractivity contribution in [3.63, 3.8) is 0 Å². The van der Waals surface area contributed by atoms with Crippen LogP contribution >= 0.6 is 40.3 Å². The van der Waals surface area contributed by atoms with Gasteiger partial charge in [-0.25, -0.2) is 50.0 Å². The van der Waals surface area contributed by atoms with Crippen LogP contribution in [0.25, 0.3) is 22.5 Å². The third-order valence-corrected chi connectivity index (χ3v) is 20.4. The fraction of sp³-hybridized carbons (Fsp3) is 0.230. The van der Waals surface area contributed by atoms with E-state index in [1.807, 2.05) is 62.4 Å². The molecule has 0 atom stereocenters. The zero-order chi connectivity index (χ0) is 86.9. The van der Waals surface area contributed by atoms with E-state index in [1.54, 1.807) is 58.9 Å². The van der Waals surface area contributed by atoms with Crippen LogP contribution in [0.2, 0.25) is 0 Å². The number of alkyl halides is 1. The second-order valence-electron chi connectivity index (χ2n) is 22.6. The largest absolute Gasteiger partial charge is 0.476 e. The van der Waals surface area contributed by atoms with E-state index in [0.717, 1.165) is 56.3 Å². The number of ether oxygens (including phenoxy) is 5. The number of anilines is 4. The average Bonchev–Trinajstić information content (AvgIpc) is 0.821. The van der Waals surface area contributed by atoms with Crippen molar-refractivity contribution in [2.24, 2.45) is 0 Å². The number of aryl methyl sites for hydroxylation is 2. The number of aromatic nitrogens is 4. The number of hydrogen-bond donors (Lipinski definition) is 6. The van der Waals surface area contributed by atoms with Crippen molar-refractivity contribution in [2.75, 3.05) is 83.9 Å². The van der Waals surface area contributed by atoms with Gasteiger partial charge in [0.05, 0.1) is 92.0 Å². The van der Waals surface area contributed by atoms with Gasteiger partial charge < -0.3 is 51.3 Å². The zero-order valence-electron chi connectivity index (χ0n) is 63.0. The third kappa shape index (κ3) is 35.3. The van der Waals surface area contributed by atoms with Crippen molar-refractivity contribution in [3.8, 4) is 22.5 Å². The number of halogens is 1. The SMILES string of the molecule is CCOC(=O)CBr.CCOC(=O)CS(=O)(=O)c1ccc(N)cc1.CCOC(=O)CS(=O)(=O)c1ccc(NC(=O)c2nc(-c3ccc(C)cc3)cnc2N)cc1.CCOC(=O)CS(=O)(=O)c1ccc([N+](=O)[O-])cc1.CCOC(=O)CSc1ccc([N+](=O)[O-])cc1.Cc1ccc(-c2cnc(N)c(C(=O)O)n2)cc1.O=[N+]([O-])c1ccc(S)cc1. The highest BCUT2D eigenvalue weighted by Crippen LogP contribution is 2.25. The first-order chi connectivity index (χ1) is 54.7. The van der Waals surface area contributed by atoms with Crippen LogP contribution in [0.15, 0.2) is 207 Å².